The zero-order valence-electron chi connectivity index (χ0n) is 8.55. The highest BCUT2D eigenvalue weighted by atomic mass is 16.3. The van der Waals surface area contributed by atoms with Crippen LogP contribution < -0.4 is 0 Å². The number of phenolic OH excluding ortho intramolecular Hbond substituents is 1. The molecule has 0 aliphatic rings. The zero-order valence-corrected chi connectivity index (χ0v) is 8.55. The van der Waals surface area contributed by atoms with Crippen molar-refractivity contribution in [2.45, 2.75) is 0 Å². The quantitative estimate of drug-likeness (QED) is 0.662. The minimum absolute atomic E-state index is 0.257. The molecule has 1 heterocycles. The van der Waals surface area contributed by atoms with Crippen LogP contribution in [0, 0.1) is 0 Å². The van der Waals surface area contributed by atoms with Gasteiger partial charge in [-0.2, -0.15) is 0 Å². The van der Waals surface area contributed by atoms with Crippen molar-refractivity contribution in [2.24, 2.45) is 0 Å². The fourth-order valence-corrected chi connectivity index (χ4v) is 1.78. The van der Waals surface area contributed by atoms with Crippen molar-refractivity contribution < 1.29 is 9.52 Å². The summed E-state index contributed by atoms with van der Waals surface area (Å²) in [6, 6.07) is 16.9. The molecule has 0 aliphatic carbocycles. The highest BCUT2D eigenvalue weighted by Gasteiger charge is 2.05. The second-order valence-electron chi connectivity index (χ2n) is 3.70. The van der Waals surface area contributed by atoms with Crippen LogP contribution in [0.25, 0.3) is 22.3 Å². The highest BCUT2D eigenvalue weighted by Crippen LogP contribution is 2.29. The fourth-order valence-electron chi connectivity index (χ4n) is 1.78. The zero-order chi connectivity index (χ0) is 11.0. The van der Waals surface area contributed by atoms with Crippen molar-refractivity contribution in [3.8, 4) is 17.1 Å². The standard InChI is InChI=1S/C14H10O2/c15-12-6-7-13-11(8-12)9-14(16-13)10-4-2-1-3-5-10/h1-9,15H. The van der Waals surface area contributed by atoms with E-state index in [9.17, 15) is 5.11 Å². The number of furan rings is 1. The van der Waals surface area contributed by atoms with Crippen LogP contribution in [0.2, 0.25) is 0 Å². The second-order valence-corrected chi connectivity index (χ2v) is 3.70. The summed E-state index contributed by atoms with van der Waals surface area (Å²) in [7, 11) is 0. The summed E-state index contributed by atoms with van der Waals surface area (Å²) in [6.07, 6.45) is 0. The van der Waals surface area contributed by atoms with Gasteiger partial charge in [0.2, 0.25) is 0 Å². The van der Waals surface area contributed by atoms with Crippen LogP contribution >= 0.6 is 0 Å². The van der Waals surface area contributed by atoms with E-state index in [-0.39, 0.29) is 5.75 Å². The molecule has 0 atom stereocenters. The Hall–Kier alpha value is -2.22. The van der Waals surface area contributed by atoms with E-state index in [1.54, 1.807) is 18.2 Å². The lowest BCUT2D eigenvalue weighted by atomic mass is 10.1. The van der Waals surface area contributed by atoms with Crippen molar-refractivity contribution in [3.05, 3.63) is 54.6 Å². The first kappa shape index (κ1) is 9.04. The van der Waals surface area contributed by atoms with E-state index in [0.717, 1.165) is 22.3 Å². The lowest BCUT2D eigenvalue weighted by Crippen LogP contribution is -1.69. The molecule has 2 heteroatoms. The predicted octanol–water partition coefficient (Wildman–Crippen LogP) is 3.81. The number of rotatable bonds is 1. The van der Waals surface area contributed by atoms with Crippen LogP contribution in [0.1, 0.15) is 0 Å². The molecule has 0 bridgehead atoms. The molecule has 3 aromatic rings. The Bertz CT molecular complexity index is 624. The van der Waals surface area contributed by atoms with Crippen LogP contribution in [0.4, 0.5) is 0 Å². The molecule has 0 saturated carbocycles. The molecule has 0 aliphatic heterocycles. The number of phenols is 1. The van der Waals surface area contributed by atoms with E-state index in [0.29, 0.717) is 0 Å². The van der Waals surface area contributed by atoms with Gasteiger partial charge in [0.05, 0.1) is 0 Å². The molecule has 2 aromatic carbocycles. The van der Waals surface area contributed by atoms with Crippen LogP contribution in [0.5, 0.6) is 5.75 Å². The smallest absolute Gasteiger partial charge is 0.135 e. The average molecular weight is 210 g/mol. The third-order valence-corrected chi connectivity index (χ3v) is 2.56. The van der Waals surface area contributed by atoms with Gasteiger partial charge in [0, 0.05) is 10.9 Å². The number of hydrogen-bond acceptors (Lipinski definition) is 2. The van der Waals surface area contributed by atoms with Crippen LogP contribution in [0.15, 0.2) is 59.0 Å². The molecule has 1 N–H and O–H groups in total. The van der Waals surface area contributed by atoms with Gasteiger partial charge in [0.15, 0.2) is 0 Å². The van der Waals surface area contributed by atoms with Gasteiger partial charge in [-0.15, -0.1) is 0 Å². The maximum Gasteiger partial charge on any atom is 0.135 e. The first-order valence-electron chi connectivity index (χ1n) is 5.11. The molecule has 0 fully saturated rings. The molecule has 3 rings (SSSR count). The van der Waals surface area contributed by atoms with Gasteiger partial charge >= 0.3 is 0 Å². The van der Waals surface area contributed by atoms with Crippen LogP contribution in [0.3, 0.4) is 0 Å². The fraction of sp³-hybridized carbons (Fsp3) is 0. The molecule has 0 saturated heterocycles. The predicted molar refractivity (Wildman–Crippen MR) is 63.3 cm³/mol. The van der Waals surface area contributed by atoms with E-state index >= 15 is 0 Å². The van der Waals surface area contributed by atoms with Gasteiger partial charge in [0.25, 0.3) is 0 Å². The average Bonchev–Trinajstić information content (AvgIpc) is 2.73. The topological polar surface area (TPSA) is 33.4 Å². The van der Waals surface area contributed by atoms with Crippen molar-refractivity contribution in [1.82, 2.24) is 0 Å². The Labute approximate surface area is 92.8 Å². The summed E-state index contributed by atoms with van der Waals surface area (Å²) in [5, 5.41) is 10.3. The van der Waals surface area contributed by atoms with Crippen LogP contribution in [-0.2, 0) is 0 Å². The Morgan fingerprint density at radius 2 is 1.69 bits per heavy atom. The van der Waals surface area contributed by atoms with Gasteiger partial charge in [-0.1, -0.05) is 30.3 Å². The lowest BCUT2D eigenvalue weighted by molar-refractivity contribution is 0.476. The largest absolute Gasteiger partial charge is 0.508 e. The van der Waals surface area contributed by atoms with Crippen molar-refractivity contribution in [2.75, 3.05) is 0 Å². The molecule has 78 valence electrons. The number of aromatic hydroxyl groups is 1. The highest BCUT2D eigenvalue weighted by molar-refractivity contribution is 5.83. The first-order valence-corrected chi connectivity index (χ1v) is 5.11. The molecule has 1 aromatic heterocycles. The summed E-state index contributed by atoms with van der Waals surface area (Å²) in [4.78, 5) is 0. The molecule has 0 spiro atoms. The molecular weight excluding hydrogens is 200 g/mol. The Kier molecular flexibility index (Phi) is 1.93. The first-order chi connectivity index (χ1) is 7.83. The Morgan fingerprint density at radius 3 is 2.50 bits per heavy atom. The molecule has 0 unspecified atom stereocenters. The van der Waals surface area contributed by atoms with E-state index in [4.69, 9.17) is 4.42 Å². The molecule has 0 radical (unpaired) electrons. The maximum absolute atomic E-state index is 9.37. The number of hydrogen-bond donors (Lipinski definition) is 1. The van der Waals surface area contributed by atoms with Crippen molar-refractivity contribution in [3.63, 3.8) is 0 Å². The van der Waals surface area contributed by atoms with Gasteiger partial charge in [0.1, 0.15) is 17.1 Å². The normalized spacial score (nSPS) is 10.8. The van der Waals surface area contributed by atoms with Crippen LogP contribution in [-0.4, -0.2) is 5.11 Å². The van der Waals surface area contributed by atoms with Crippen molar-refractivity contribution in [1.29, 1.82) is 0 Å². The summed E-state index contributed by atoms with van der Waals surface area (Å²) in [5.41, 5.74) is 1.83. The van der Waals surface area contributed by atoms with Crippen molar-refractivity contribution >= 4 is 11.0 Å². The Balaban J connectivity index is 2.19. The van der Waals surface area contributed by atoms with Gasteiger partial charge < -0.3 is 9.52 Å². The Morgan fingerprint density at radius 1 is 0.875 bits per heavy atom. The van der Waals surface area contributed by atoms with E-state index in [2.05, 4.69) is 0 Å². The number of fused-ring (bicyclic) bond motifs is 1. The van der Waals surface area contributed by atoms with E-state index in [1.165, 1.54) is 0 Å². The van der Waals surface area contributed by atoms with E-state index < -0.39 is 0 Å². The lowest BCUT2D eigenvalue weighted by Gasteiger charge is -1.93. The summed E-state index contributed by atoms with van der Waals surface area (Å²) >= 11 is 0. The molecular formula is C14H10O2. The minimum Gasteiger partial charge on any atom is -0.508 e. The maximum atomic E-state index is 9.37. The number of benzene rings is 2. The SMILES string of the molecule is Oc1ccc2oc(-c3ccccc3)cc2c1. The monoisotopic (exact) mass is 210 g/mol. The van der Waals surface area contributed by atoms with Gasteiger partial charge in [-0.3, -0.25) is 0 Å². The third-order valence-electron chi connectivity index (χ3n) is 2.56. The summed E-state index contributed by atoms with van der Waals surface area (Å²) in [6.45, 7) is 0. The third kappa shape index (κ3) is 1.44. The van der Waals surface area contributed by atoms with Gasteiger partial charge in [-0.05, 0) is 24.3 Å². The molecule has 2 nitrogen and oxygen atoms in total. The molecule has 0 amide bonds. The second kappa shape index (κ2) is 3.42. The summed E-state index contributed by atoms with van der Waals surface area (Å²) < 4.78 is 5.70. The molecule has 16 heavy (non-hydrogen) atoms. The van der Waals surface area contributed by atoms with E-state index in [1.807, 2.05) is 36.4 Å². The van der Waals surface area contributed by atoms with Gasteiger partial charge in [-0.25, -0.2) is 0 Å². The minimum atomic E-state index is 0.257. The summed E-state index contributed by atoms with van der Waals surface area (Å²) in [5.74, 6) is 1.08.